The second kappa shape index (κ2) is 84.1. The monoisotopic (exact) mass is 1630 g/mol. The van der Waals surface area contributed by atoms with E-state index < -0.39 is 97.5 Å². The zero-order valence-electron chi connectivity index (χ0n) is 74.0. The summed E-state index contributed by atoms with van der Waals surface area (Å²) >= 11 is 0. The molecule has 0 aliphatic rings. The van der Waals surface area contributed by atoms with Crippen molar-refractivity contribution in [3.63, 3.8) is 0 Å². The molecule has 0 aromatic carbocycles. The van der Waals surface area contributed by atoms with Crippen molar-refractivity contribution in [3.8, 4) is 0 Å². The van der Waals surface area contributed by atoms with Crippen molar-refractivity contribution in [2.75, 3.05) is 39.6 Å². The van der Waals surface area contributed by atoms with Crippen LogP contribution in [0.1, 0.15) is 504 Å². The third kappa shape index (κ3) is 84.5. The van der Waals surface area contributed by atoms with Crippen molar-refractivity contribution < 1.29 is 80.2 Å². The first-order valence-corrected chi connectivity index (χ1v) is 51.0. The van der Waals surface area contributed by atoms with Crippen LogP contribution in [0.5, 0.6) is 0 Å². The Kier molecular flexibility index (Phi) is 82.6. The molecule has 0 saturated carbocycles. The fourth-order valence-electron chi connectivity index (χ4n) is 14.6. The van der Waals surface area contributed by atoms with E-state index in [1.807, 2.05) is 0 Å². The number of phosphoric acid groups is 2. The highest BCUT2D eigenvalue weighted by Crippen LogP contribution is 2.45. The standard InChI is InChI=1S/C93H182O17P2/c1-7-10-12-14-16-18-20-22-24-26-28-29-30-32-36-40-44-48-52-56-63-69-75-90(95)103-81-88(109-92(97)77-71-65-58-54-50-46-42-38-34-33-35-39-43-47-51-55-62-68-74-86(6)9-3)83-107-111(99,100)105-79-87(94)80-106-112(101,102)108-84-89(82-104-91(96)76-70-64-60-59-61-67-73-85(4)5)110-93(98)78-72-66-57-53-49-45-41-37-31-27-25-23-21-19-17-15-13-11-8-2/h85-89,94H,7-84H2,1-6H3,(H,99,100)(H,101,102)/t86?,87-,88-,89-/m1/s1. The van der Waals surface area contributed by atoms with Gasteiger partial charge in [-0.05, 0) is 37.5 Å². The summed E-state index contributed by atoms with van der Waals surface area (Å²) in [5.74, 6) is -0.548. The number of rotatable bonds is 92. The Morgan fingerprint density at radius 1 is 0.259 bits per heavy atom. The predicted octanol–water partition coefficient (Wildman–Crippen LogP) is 29.0. The Hall–Kier alpha value is -1.94. The summed E-state index contributed by atoms with van der Waals surface area (Å²) in [5, 5.41) is 10.7. The molecule has 6 atom stereocenters. The maximum absolute atomic E-state index is 13.2. The van der Waals surface area contributed by atoms with Gasteiger partial charge in [-0.1, -0.05) is 452 Å². The molecule has 0 bridgehead atoms. The van der Waals surface area contributed by atoms with Crippen molar-refractivity contribution in [1.82, 2.24) is 0 Å². The normalized spacial score (nSPS) is 13.9. The second-order valence-corrected chi connectivity index (χ2v) is 37.0. The first-order chi connectivity index (χ1) is 54.4. The molecule has 0 aromatic heterocycles. The first kappa shape index (κ1) is 110. The molecule has 0 saturated heterocycles. The molecule has 0 aliphatic heterocycles. The quantitative estimate of drug-likeness (QED) is 0.0222. The van der Waals surface area contributed by atoms with Crippen LogP contribution in [-0.2, 0) is 65.4 Å². The number of esters is 4. The van der Waals surface area contributed by atoms with Crippen LogP contribution in [0, 0.1) is 11.8 Å². The highest BCUT2D eigenvalue weighted by Gasteiger charge is 2.31. The van der Waals surface area contributed by atoms with Gasteiger partial charge in [0.1, 0.15) is 19.3 Å². The van der Waals surface area contributed by atoms with Crippen LogP contribution in [0.3, 0.4) is 0 Å². The molecule has 666 valence electrons. The zero-order valence-corrected chi connectivity index (χ0v) is 75.8. The van der Waals surface area contributed by atoms with E-state index in [1.165, 1.54) is 315 Å². The Labute approximate surface area is 689 Å². The third-order valence-electron chi connectivity index (χ3n) is 22.3. The highest BCUT2D eigenvalue weighted by molar-refractivity contribution is 7.47. The number of aliphatic hydroxyl groups excluding tert-OH is 1. The fraction of sp³-hybridized carbons (Fsp3) is 0.957. The van der Waals surface area contributed by atoms with Gasteiger partial charge < -0.3 is 33.8 Å². The van der Waals surface area contributed by atoms with E-state index in [0.717, 1.165) is 102 Å². The summed E-state index contributed by atoms with van der Waals surface area (Å²) in [6.07, 6.45) is 79.6. The molecular weight excluding hydrogens is 1450 g/mol. The maximum Gasteiger partial charge on any atom is 0.472 e. The fourth-order valence-corrected chi connectivity index (χ4v) is 16.2. The van der Waals surface area contributed by atoms with Gasteiger partial charge in [0.25, 0.3) is 0 Å². The smallest absolute Gasteiger partial charge is 0.462 e. The predicted molar refractivity (Wildman–Crippen MR) is 465 cm³/mol. The number of ether oxygens (including phenoxy) is 4. The average Bonchev–Trinajstić information content (AvgIpc) is 0.896. The lowest BCUT2D eigenvalue weighted by Gasteiger charge is -2.21. The molecular formula is C93H182O17P2. The summed E-state index contributed by atoms with van der Waals surface area (Å²) in [6.45, 7) is 9.69. The van der Waals surface area contributed by atoms with Crippen LogP contribution < -0.4 is 0 Å². The van der Waals surface area contributed by atoms with Crippen LogP contribution in [0.25, 0.3) is 0 Å². The number of unbranched alkanes of at least 4 members (excludes halogenated alkanes) is 61. The van der Waals surface area contributed by atoms with Crippen LogP contribution >= 0.6 is 15.6 Å². The largest absolute Gasteiger partial charge is 0.472 e. The third-order valence-corrected chi connectivity index (χ3v) is 24.2. The molecule has 3 unspecified atom stereocenters. The molecule has 17 nitrogen and oxygen atoms in total. The molecule has 0 heterocycles. The molecule has 0 spiro atoms. The lowest BCUT2D eigenvalue weighted by molar-refractivity contribution is -0.161. The van der Waals surface area contributed by atoms with Crippen LogP contribution in [0.2, 0.25) is 0 Å². The van der Waals surface area contributed by atoms with Crippen molar-refractivity contribution in [2.45, 2.75) is 522 Å². The van der Waals surface area contributed by atoms with E-state index in [0.29, 0.717) is 31.6 Å². The molecule has 0 amide bonds. The topological polar surface area (TPSA) is 237 Å². The van der Waals surface area contributed by atoms with Crippen molar-refractivity contribution in [1.29, 1.82) is 0 Å². The highest BCUT2D eigenvalue weighted by atomic mass is 31.2. The van der Waals surface area contributed by atoms with E-state index >= 15 is 0 Å². The Bertz CT molecular complexity index is 2130. The maximum atomic E-state index is 13.2. The van der Waals surface area contributed by atoms with Gasteiger partial charge in [0.2, 0.25) is 0 Å². The lowest BCUT2D eigenvalue weighted by atomic mass is 9.99. The molecule has 0 aliphatic carbocycles. The van der Waals surface area contributed by atoms with E-state index in [4.69, 9.17) is 37.0 Å². The minimum Gasteiger partial charge on any atom is -0.462 e. The summed E-state index contributed by atoms with van der Waals surface area (Å²) in [6, 6.07) is 0. The summed E-state index contributed by atoms with van der Waals surface area (Å²) < 4.78 is 69.1. The van der Waals surface area contributed by atoms with Crippen LogP contribution in [0.4, 0.5) is 0 Å². The summed E-state index contributed by atoms with van der Waals surface area (Å²) in [4.78, 5) is 73.4. The SMILES string of the molecule is CCCCCCCCCCCCCCCCCCCCCCCCC(=O)OC[C@H](COP(=O)(O)OC[C@@H](O)COP(=O)(O)OC[C@@H](COC(=O)CCCCCCCCC(C)C)OC(=O)CCCCCCCCCCCCCCCCCCCCC)OC(=O)CCCCCCCCCCCCCCCCCCCCC(C)CC. The summed E-state index contributed by atoms with van der Waals surface area (Å²) in [5.41, 5.74) is 0. The molecule has 19 heteroatoms. The lowest BCUT2D eigenvalue weighted by Crippen LogP contribution is -2.30. The number of phosphoric ester groups is 2. The summed E-state index contributed by atoms with van der Waals surface area (Å²) in [7, 11) is -9.94. The number of carbonyl (C=O) groups is 4. The second-order valence-electron chi connectivity index (χ2n) is 34.1. The van der Waals surface area contributed by atoms with E-state index in [9.17, 15) is 43.2 Å². The first-order valence-electron chi connectivity index (χ1n) is 48.0. The molecule has 0 rings (SSSR count). The number of hydrogen-bond acceptors (Lipinski definition) is 15. The van der Waals surface area contributed by atoms with Gasteiger partial charge in [-0.2, -0.15) is 0 Å². The Balaban J connectivity index is 5.19. The zero-order chi connectivity index (χ0) is 82.0. The Morgan fingerprint density at radius 3 is 0.679 bits per heavy atom. The number of hydrogen-bond donors (Lipinski definition) is 3. The number of carbonyl (C=O) groups excluding carboxylic acids is 4. The van der Waals surface area contributed by atoms with E-state index in [-0.39, 0.29) is 25.7 Å². The van der Waals surface area contributed by atoms with Crippen molar-refractivity contribution in [2.24, 2.45) is 11.8 Å². The van der Waals surface area contributed by atoms with Gasteiger partial charge in [-0.15, -0.1) is 0 Å². The van der Waals surface area contributed by atoms with Crippen molar-refractivity contribution in [3.05, 3.63) is 0 Å². The van der Waals surface area contributed by atoms with Gasteiger partial charge in [0.15, 0.2) is 12.2 Å². The van der Waals surface area contributed by atoms with Crippen molar-refractivity contribution >= 4 is 39.5 Å². The minimum absolute atomic E-state index is 0.108. The minimum atomic E-state index is -4.97. The van der Waals surface area contributed by atoms with Crippen LogP contribution in [-0.4, -0.2) is 96.7 Å². The molecule has 0 radical (unpaired) electrons. The van der Waals surface area contributed by atoms with Crippen LogP contribution in [0.15, 0.2) is 0 Å². The van der Waals surface area contributed by atoms with Gasteiger partial charge in [0.05, 0.1) is 26.4 Å². The van der Waals surface area contributed by atoms with Gasteiger partial charge >= 0.3 is 39.5 Å². The van der Waals surface area contributed by atoms with E-state index in [1.54, 1.807) is 0 Å². The number of aliphatic hydroxyl groups is 1. The van der Waals surface area contributed by atoms with E-state index in [2.05, 4.69) is 41.5 Å². The Morgan fingerprint density at radius 2 is 0.455 bits per heavy atom. The molecule has 3 N–H and O–H groups in total. The van der Waals surface area contributed by atoms with Gasteiger partial charge in [-0.25, -0.2) is 9.13 Å². The molecule has 0 aromatic rings. The average molecular weight is 1630 g/mol. The molecule has 0 fully saturated rings. The van der Waals surface area contributed by atoms with Gasteiger partial charge in [0, 0.05) is 25.7 Å². The van der Waals surface area contributed by atoms with Gasteiger partial charge in [-0.3, -0.25) is 37.3 Å². The molecule has 112 heavy (non-hydrogen) atoms.